The summed E-state index contributed by atoms with van der Waals surface area (Å²) in [6.45, 7) is 4.90. The van der Waals surface area contributed by atoms with Crippen molar-refractivity contribution >= 4 is 22.3 Å². The molecule has 0 saturated carbocycles. The molecule has 0 fully saturated rings. The Balaban J connectivity index is 1.09. The van der Waals surface area contributed by atoms with E-state index in [-0.39, 0.29) is 0 Å². The van der Waals surface area contributed by atoms with Gasteiger partial charge in [0.1, 0.15) is 23.1 Å². The molecule has 0 saturated heterocycles. The van der Waals surface area contributed by atoms with E-state index in [2.05, 4.69) is 48.5 Å². The molecule has 1 atom stereocenters. The molecule has 1 aliphatic heterocycles. The van der Waals surface area contributed by atoms with Gasteiger partial charge in [0, 0.05) is 84.7 Å². The Labute approximate surface area is 245 Å². The molecular formula is C33H36N6O3. The van der Waals surface area contributed by atoms with Crippen molar-refractivity contribution in [2.75, 3.05) is 31.5 Å². The topological polar surface area (TPSA) is 95.3 Å². The van der Waals surface area contributed by atoms with Crippen molar-refractivity contribution in [3.8, 4) is 17.4 Å². The molecule has 0 amide bonds. The van der Waals surface area contributed by atoms with Gasteiger partial charge in [-0.3, -0.25) is 0 Å². The largest absolute Gasteiger partial charge is 0.497 e. The number of benzene rings is 2. The maximum absolute atomic E-state index is 6.13. The molecular weight excluding hydrogens is 528 g/mol. The van der Waals surface area contributed by atoms with Gasteiger partial charge < -0.3 is 29.4 Å². The van der Waals surface area contributed by atoms with E-state index in [4.69, 9.17) is 14.2 Å². The smallest absolute Gasteiger partial charge is 0.213 e. The van der Waals surface area contributed by atoms with Gasteiger partial charge in [0.15, 0.2) is 0 Å². The van der Waals surface area contributed by atoms with Crippen molar-refractivity contribution in [1.29, 1.82) is 0 Å². The van der Waals surface area contributed by atoms with Gasteiger partial charge in [0.2, 0.25) is 5.88 Å². The van der Waals surface area contributed by atoms with Crippen LogP contribution in [0.3, 0.4) is 0 Å². The van der Waals surface area contributed by atoms with Gasteiger partial charge in [-0.25, -0.2) is 15.0 Å². The predicted molar refractivity (Wildman–Crippen MR) is 164 cm³/mol. The van der Waals surface area contributed by atoms with E-state index < -0.39 is 0 Å². The number of imidazole rings is 1. The molecule has 0 aliphatic carbocycles. The first-order valence-electron chi connectivity index (χ1n) is 14.3. The Hall–Kier alpha value is -4.79. The quantitative estimate of drug-likeness (QED) is 0.201. The first-order chi connectivity index (χ1) is 20.6. The van der Waals surface area contributed by atoms with E-state index in [0.29, 0.717) is 31.5 Å². The lowest BCUT2D eigenvalue weighted by Gasteiger charge is -2.23. The van der Waals surface area contributed by atoms with Crippen LogP contribution in [0.25, 0.3) is 10.8 Å². The van der Waals surface area contributed by atoms with Crippen molar-refractivity contribution in [2.24, 2.45) is 5.92 Å². The number of ether oxygens (including phenoxy) is 3. The van der Waals surface area contributed by atoms with Gasteiger partial charge in [0.05, 0.1) is 26.5 Å². The molecule has 3 aromatic heterocycles. The number of fused-ring (bicyclic) bond motifs is 2. The van der Waals surface area contributed by atoms with Crippen LogP contribution in [0.15, 0.2) is 73.2 Å². The molecule has 0 spiro atoms. The third-order valence-electron chi connectivity index (χ3n) is 7.72. The maximum atomic E-state index is 6.13. The third kappa shape index (κ3) is 6.10. The highest BCUT2D eigenvalue weighted by Crippen LogP contribution is 2.30. The summed E-state index contributed by atoms with van der Waals surface area (Å²) in [5, 5.41) is 9.21. The number of pyridine rings is 2. The van der Waals surface area contributed by atoms with Gasteiger partial charge in [-0.05, 0) is 49.2 Å². The number of anilines is 2. The van der Waals surface area contributed by atoms with Crippen molar-refractivity contribution in [1.82, 2.24) is 19.5 Å². The Morgan fingerprint density at radius 1 is 0.929 bits per heavy atom. The Bertz CT molecular complexity index is 1680. The summed E-state index contributed by atoms with van der Waals surface area (Å²) in [5.41, 5.74) is 4.24. The fraction of sp³-hybridized carbons (Fsp3) is 0.303. The van der Waals surface area contributed by atoms with E-state index in [1.165, 1.54) is 0 Å². The second-order valence-electron chi connectivity index (χ2n) is 10.6. The van der Waals surface area contributed by atoms with E-state index in [0.717, 1.165) is 75.8 Å². The van der Waals surface area contributed by atoms with Gasteiger partial charge in [0.25, 0.3) is 0 Å². The SMILES string of the molecule is COc1ccc(CNc2nccc3c(NCc4ccnc(OCC5CCn6cc(C)nc6C5)c4)cccc23)c(OC)c1. The summed E-state index contributed by atoms with van der Waals surface area (Å²) in [4.78, 5) is 13.7. The maximum Gasteiger partial charge on any atom is 0.213 e. The molecule has 2 aromatic carbocycles. The average molecular weight is 565 g/mol. The lowest BCUT2D eigenvalue weighted by Crippen LogP contribution is -2.24. The summed E-state index contributed by atoms with van der Waals surface area (Å²) in [6.07, 6.45) is 7.80. The molecule has 6 rings (SSSR count). The number of hydrogen-bond donors (Lipinski definition) is 2. The average Bonchev–Trinajstić information content (AvgIpc) is 3.41. The highest BCUT2D eigenvalue weighted by Gasteiger charge is 2.21. The summed E-state index contributed by atoms with van der Waals surface area (Å²) in [6, 6.07) is 18.1. The van der Waals surface area contributed by atoms with E-state index in [9.17, 15) is 0 Å². The first kappa shape index (κ1) is 27.4. The lowest BCUT2D eigenvalue weighted by atomic mass is 9.99. The molecule has 5 aromatic rings. The molecule has 9 nitrogen and oxygen atoms in total. The summed E-state index contributed by atoms with van der Waals surface area (Å²) < 4.78 is 19.3. The molecule has 0 radical (unpaired) electrons. The van der Waals surface area contributed by atoms with Crippen LogP contribution in [0, 0.1) is 12.8 Å². The van der Waals surface area contributed by atoms with Gasteiger partial charge in [-0.2, -0.15) is 0 Å². The number of hydrogen-bond acceptors (Lipinski definition) is 8. The van der Waals surface area contributed by atoms with Gasteiger partial charge in [-0.1, -0.05) is 12.1 Å². The van der Waals surface area contributed by atoms with Crippen molar-refractivity contribution in [3.05, 3.63) is 95.8 Å². The summed E-state index contributed by atoms with van der Waals surface area (Å²) in [7, 11) is 3.31. The Morgan fingerprint density at radius 2 is 1.83 bits per heavy atom. The molecule has 9 heteroatoms. The number of nitrogens with zero attached hydrogens (tertiary/aromatic N) is 4. The molecule has 1 unspecified atom stereocenters. The molecule has 1 aliphatic rings. The number of rotatable bonds is 11. The third-order valence-corrected chi connectivity index (χ3v) is 7.72. The second kappa shape index (κ2) is 12.4. The molecule has 2 N–H and O–H groups in total. The van der Waals surface area contributed by atoms with Crippen LogP contribution >= 0.6 is 0 Å². The van der Waals surface area contributed by atoms with Crippen LogP contribution < -0.4 is 24.8 Å². The van der Waals surface area contributed by atoms with Crippen LogP contribution in [-0.2, 0) is 26.1 Å². The Kier molecular flexibility index (Phi) is 8.07. The van der Waals surface area contributed by atoms with Crippen molar-refractivity contribution < 1.29 is 14.2 Å². The fourth-order valence-electron chi connectivity index (χ4n) is 5.50. The predicted octanol–water partition coefficient (Wildman–Crippen LogP) is 6.02. The lowest BCUT2D eigenvalue weighted by molar-refractivity contribution is 0.212. The van der Waals surface area contributed by atoms with Crippen LogP contribution in [-0.4, -0.2) is 40.3 Å². The monoisotopic (exact) mass is 564 g/mol. The summed E-state index contributed by atoms with van der Waals surface area (Å²) in [5.74, 6) is 4.60. The zero-order chi connectivity index (χ0) is 28.9. The molecule has 216 valence electrons. The minimum absolute atomic E-state index is 0.445. The number of nitrogens with one attached hydrogen (secondary N) is 2. The number of methoxy groups -OCH3 is 2. The Morgan fingerprint density at radius 3 is 2.71 bits per heavy atom. The molecule has 0 bridgehead atoms. The van der Waals surface area contributed by atoms with Crippen LogP contribution in [0.2, 0.25) is 0 Å². The first-order valence-corrected chi connectivity index (χ1v) is 14.3. The molecule has 42 heavy (non-hydrogen) atoms. The zero-order valence-electron chi connectivity index (χ0n) is 24.3. The highest BCUT2D eigenvalue weighted by atomic mass is 16.5. The van der Waals surface area contributed by atoms with Crippen LogP contribution in [0.5, 0.6) is 17.4 Å². The van der Waals surface area contributed by atoms with Crippen LogP contribution in [0.4, 0.5) is 11.5 Å². The minimum atomic E-state index is 0.445. The van der Waals surface area contributed by atoms with Crippen molar-refractivity contribution in [3.63, 3.8) is 0 Å². The highest BCUT2D eigenvalue weighted by molar-refractivity contribution is 5.99. The van der Waals surface area contributed by atoms with Gasteiger partial charge in [-0.15, -0.1) is 0 Å². The fourth-order valence-corrected chi connectivity index (χ4v) is 5.50. The minimum Gasteiger partial charge on any atom is -0.497 e. The van der Waals surface area contributed by atoms with E-state index >= 15 is 0 Å². The second-order valence-corrected chi connectivity index (χ2v) is 10.6. The summed E-state index contributed by atoms with van der Waals surface area (Å²) >= 11 is 0. The standard InChI is InChI=1S/C33H36N6O3/c1-22-20-39-14-11-24(15-31(39)38-22)21-42-32-16-23(9-12-34-32)18-36-29-6-4-5-28-27(29)10-13-35-33(28)37-19-25-7-8-26(40-2)17-30(25)41-3/h4-10,12-13,16-17,20,24,36H,11,14-15,18-19,21H2,1-3H3,(H,35,37). The zero-order valence-corrected chi connectivity index (χ0v) is 24.3. The number of aromatic nitrogens is 4. The van der Waals surface area contributed by atoms with Gasteiger partial charge >= 0.3 is 0 Å². The van der Waals surface area contributed by atoms with E-state index in [1.807, 2.05) is 61.8 Å². The van der Waals surface area contributed by atoms with Crippen molar-refractivity contribution in [2.45, 2.75) is 39.4 Å². The number of aryl methyl sites for hydroxylation is 2. The van der Waals surface area contributed by atoms with Crippen LogP contribution in [0.1, 0.15) is 29.1 Å². The van der Waals surface area contributed by atoms with E-state index in [1.54, 1.807) is 14.2 Å². The normalized spacial score (nSPS) is 14.3. The molecule has 4 heterocycles.